The van der Waals surface area contributed by atoms with Crippen LogP contribution in [-0.4, -0.2) is 59.6 Å². The number of rotatable bonds is 3. The van der Waals surface area contributed by atoms with E-state index in [4.69, 9.17) is 9.72 Å². The molecule has 0 atom stereocenters. The molecule has 0 bridgehead atoms. The van der Waals surface area contributed by atoms with E-state index in [1.165, 1.54) is 6.07 Å². The van der Waals surface area contributed by atoms with Crippen LogP contribution in [0.25, 0.3) is 22.3 Å². The topological polar surface area (TPSA) is 71.5 Å². The predicted molar refractivity (Wildman–Crippen MR) is 136 cm³/mol. The number of anilines is 2. The number of hydrogen-bond acceptors (Lipinski definition) is 6. The molecule has 36 heavy (non-hydrogen) atoms. The first-order valence-electron chi connectivity index (χ1n) is 12.0. The molecule has 182 valence electrons. The molecule has 2 aliphatic rings. The first-order chi connectivity index (χ1) is 17.4. The zero-order chi connectivity index (χ0) is 24.9. The third kappa shape index (κ3) is 3.69. The van der Waals surface area contributed by atoms with Gasteiger partial charge in [0.05, 0.1) is 11.2 Å². The van der Waals surface area contributed by atoms with Gasteiger partial charge in [-0.05, 0) is 60.9 Å². The highest BCUT2D eigenvalue weighted by Gasteiger charge is 2.45. The van der Waals surface area contributed by atoms with Crippen molar-refractivity contribution in [3.63, 3.8) is 0 Å². The fourth-order valence-corrected chi connectivity index (χ4v) is 5.38. The first-order valence-corrected chi connectivity index (χ1v) is 12.0. The summed E-state index contributed by atoms with van der Waals surface area (Å²) >= 11 is 0. The molecule has 4 heterocycles. The number of benzene rings is 2. The predicted octanol–water partition coefficient (Wildman–Crippen LogP) is 4.73. The van der Waals surface area contributed by atoms with E-state index in [9.17, 15) is 9.18 Å². The Morgan fingerprint density at radius 2 is 1.89 bits per heavy atom. The van der Waals surface area contributed by atoms with Gasteiger partial charge in [0.25, 0.3) is 5.91 Å². The Morgan fingerprint density at radius 3 is 2.69 bits per heavy atom. The molecule has 1 spiro atoms. The molecule has 1 amide bonds. The average molecular weight is 484 g/mol. The molecule has 8 heteroatoms. The number of pyridine rings is 1. The summed E-state index contributed by atoms with van der Waals surface area (Å²) in [5.41, 5.74) is 5.31. The maximum absolute atomic E-state index is 14.3. The van der Waals surface area contributed by atoms with Crippen LogP contribution in [0.1, 0.15) is 28.8 Å². The van der Waals surface area contributed by atoms with Gasteiger partial charge in [0.2, 0.25) is 0 Å². The molecule has 1 fully saturated rings. The van der Waals surface area contributed by atoms with Crippen molar-refractivity contribution in [1.82, 2.24) is 19.9 Å². The summed E-state index contributed by atoms with van der Waals surface area (Å²) in [7, 11) is 3.47. The van der Waals surface area contributed by atoms with Gasteiger partial charge in [-0.3, -0.25) is 4.79 Å². The van der Waals surface area contributed by atoms with E-state index in [1.54, 1.807) is 37.5 Å². The number of hydrogen-bond donors (Lipinski definition) is 0. The summed E-state index contributed by atoms with van der Waals surface area (Å²) in [5, 5.41) is 0. The Bertz CT molecular complexity index is 1480. The third-order valence-electron chi connectivity index (χ3n) is 7.26. The molecular weight excluding hydrogens is 457 g/mol. The number of halogens is 1. The molecule has 6 rings (SSSR count). The van der Waals surface area contributed by atoms with E-state index >= 15 is 0 Å². The van der Waals surface area contributed by atoms with Crippen molar-refractivity contribution < 1.29 is 13.9 Å². The first kappa shape index (κ1) is 22.5. The summed E-state index contributed by atoms with van der Waals surface area (Å²) in [4.78, 5) is 30.3. The molecule has 4 aromatic rings. The highest BCUT2D eigenvalue weighted by atomic mass is 19.1. The lowest BCUT2D eigenvalue weighted by molar-refractivity contribution is 0.0557. The Hall–Kier alpha value is -3.91. The molecule has 2 aromatic carbocycles. The Balaban J connectivity index is 1.47. The number of amides is 1. The highest BCUT2D eigenvalue weighted by Crippen LogP contribution is 2.50. The monoisotopic (exact) mass is 483 g/mol. The molecule has 2 aliphatic heterocycles. The lowest BCUT2D eigenvalue weighted by atomic mass is 9.76. The van der Waals surface area contributed by atoms with Gasteiger partial charge in [-0.15, -0.1) is 0 Å². The lowest BCUT2D eigenvalue weighted by Crippen LogP contribution is -2.37. The van der Waals surface area contributed by atoms with Gasteiger partial charge in [-0.1, -0.05) is 12.1 Å². The fourth-order valence-electron chi connectivity index (χ4n) is 5.38. The van der Waals surface area contributed by atoms with Crippen molar-refractivity contribution in [2.24, 2.45) is 0 Å². The molecule has 1 saturated heterocycles. The second kappa shape index (κ2) is 8.64. The molecule has 2 aromatic heterocycles. The maximum atomic E-state index is 14.3. The van der Waals surface area contributed by atoms with Crippen LogP contribution in [0, 0.1) is 5.82 Å². The molecule has 7 nitrogen and oxygen atoms in total. The second-order valence-corrected chi connectivity index (χ2v) is 9.68. The minimum atomic E-state index is -0.235. The molecule has 0 saturated carbocycles. The van der Waals surface area contributed by atoms with E-state index in [0.717, 1.165) is 40.9 Å². The summed E-state index contributed by atoms with van der Waals surface area (Å²) in [5.74, 6) is 0.393. The molecule has 0 N–H and O–H groups in total. The van der Waals surface area contributed by atoms with Crippen molar-refractivity contribution in [2.75, 3.05) is 38.8 Å². The van der Waals surface area contributed by atoms with Gasteiger partial charge in [0, 0.05) is 56.1 Å². The zero-order valence-electron chi connectivity index (χ0n) is 20.2. The molecular formula is C28H26FN5O2. The van der Waals surface area contributed by atoms with Crippen LogP contribution in [-0.2, 0) is 10.2 Å². The summed E-state index contributed by atoms with van der Waals surface area (Å²) < 4.78 is 20.0. The minimum absolute atomic E-state index is 0.0654. The number of nitrogens with zero attached hydrogens (tertiary/aromatic N) is 5. The van der Waals surface area contributed by atoms with Crippen LogP contribution < -0.4 is 4.90 Å². The van der Waals surface area contributed by atoms with Crippen LogP contribution in [0.15, 0.2) is 60.9 Å². The summed E-state index contributed by atoms with van der Waals surface area (Å²) in [6.45, 7) is 1.98. The average Bonchev–Trinajstić information content (AvgIpc) is 3.20. The second-order valence-electron chi connectivity index (χ2n) is 9.68. The maximum Gasteiger partial charge on any atom is 0.253 e. The fraction of sp³-hybridized carbons (Fsp3) is 0.286. The Morgan fingerprint density at radius 1 is 1.06 bits per heavy atom. The number of aromatic nitrogens is 3. The van der Waals surface area contributed by atoms with Gasteiger partial charge in [-0.2, -0.15) is 0 Å². The van der Waals surface area contributed by atoms with Gasteiger partial charge in [0.1, 0.15) is 17.7 Å². The van der Waals surface area contributed by atoms with Crippen LogP contribution >= 0.6 is 0 Å². The number of carbonyl (C=O) groups is 1. The SMILES string of the molecule is CN(C)C(=O)c1cccc(-c2ccc3ncnc(N4CC5(CCOCC5)c5cc(F)ccc54)c3n2)c1. The summed E-state index contributed by atoms with van der Waals surface area (Å²) in [6, 6.07) is 16.3. The van der Waals surface area contributed by atoms with E-state index < -0.39 is 0 Å². The van der Waals surface area contributed by atoms with Crippen LogP contribution in [0.5, 0.6) is 0 Å². The van der Waals surface area contributed by atoms with E-state index in [1.807, 2.05) is 36.4 Å². The Labute approximate surface area is 208 Å². The van der Waals surface area contributed by atoms with Crippen molar-refractivity contribution in [2.45, 2.75) is 18.3 Å². The van der Waals surface area contributed by atoms with E-state index in [0.29, 0.717) is 36.7 Å². The van der Waals surface area contributed by atoms with E-state index in [-0.39, 0.29) is 17.1 Å². The van der Waals surface area contributed by atoms with Crippen molar-refractivity contribution in [1.29, 1.82) is 0 Å². The number of fused-ring (bicyclic) bond motifs is 3. The van der Waals surface area contributed by atoms with E-state index in [2.05, 4.69) is 14.9 Å². The molecule has 0 unspecified atom stereocenters. The van der Waals surface area contributed by atoms with Crippen molar-refractivity contribution in [3.8, 4) is 11.3 Å². The Kier molecular flexibility index (Phi) is 5.41. The number of carbonyl (C=O) groups excluding carboxylic acids is 1. The minimum Gasteiger partial charge on any atom is -0.381 e. The van der Waals surface area contributed by atoms with Crippen molar-refractivity contribution >= 4 is 28.4 Å². The smallest absolute Gasteiger partial charge is 0.253 e. The normalized spacial score (nSPS) is 16.4. The molecule has 0 radical (unpaired) electrons. The third-order valence-corrected chi connectivity index (χ3v) is 7.26. The van der Waals surface area contributed by atoms with Gasteiger partial charge in [0.15, 0.2) is 5.82 Å². The lowest BCUT2D eigenvalue weighted by Gasteiger charge is -2.34. The molecule has 0 aliphatic carbocycles. The zero-order valence-corrected chi connectivity index (χ0v) is 20.2. The summed E-state index contributed by atoms with van der Waals surface area (Å²) in [6.07, 6.45) is 3.20. The van der Waals surface area contributed by atoms with Gasteiger partial charge < -0.3 is 14.5 Å². The highest BCUT2D eigenvalue weighted by molar-refractivity contribution is 5.95. The van der Waals surface area contributed by atoms with Crippen LogP contribution in [0.4, 0.5) is 15.9 Å². The quantitative estimate of drug-likeness (QED) is 0.420. The van der Waals surface area contributed by atoms with Crippen LogP contribution in [0.3, 0.4) is 0 Å². The standard InChI is InChI=1S/C28H26FN5O2/c1-33(2)27(35)19-5-3-4-18(14-19)22-7-8-23-25(32-22)26(31-17-30-23)34-16-28(10-12-36-13-11-28)21-15-20(29)6-9-24(21)34/h3-9,14-15,17H,10-13,16H2,1-2H3. The largest absolute Gasteiger partial charge is 0.381 e. The van der Waals surface area contributed by atoms with Crippen molar-refractivity contribution in [3.05, 3.63) is 77.9 Å². The number of ether oxygens (including phenoxy) is 1. The van der Waals surface area contributed by atoms with Gasteiger partial charge in [-0.25, -0.2) is 19.3 Å². The van der Waals surface area contributed by atoms with Gasteiger partial charge >= 0.3 is 0 Å². The van der Waals surface area contributed by atoms with Crippen LogP contribution in [0.2, 0.25) is 0 Å².